The van der Waals surface area contributed by atoms with Crippen molar-refractivity contribution < 1.29 is 14.6 Å². The monoisotopic (exact) mass is 284 g/mol. The summed E-state index contributed by atoms with van der Waals surface area (Å²) in [6.07, 6.45) is 1.81. The zero-order chi connectivity index (χ0) is 15.1. The molecule has 2 aromatic rings. The van der Waals surface area contributed by atoms with Crippen molar-refractivity contribution in [2.45, 2.75) is 26.2 Å². The predicted octanol–water partition coefficient (Wildman–Crippen LogP) is 3.48. The first-order valence-corrected chi connectivity index (χ1v) is 7.19. The zero-order valence-corrected chi connectivity index (χ0v) is 12.2. The fraction of sp³-hybridized carbons (Fsp3) is 0.278. The lowest BCUT2D eigenvalue weighted by Crippen LogP contribution is -2.06. The van der Waals surface area contributed by atoms with Crippen LogP contribution in [0.2, 0.25) is 0 Å². The lowest BCUT2D eigenvalue weighted by atomic mass is 9.97. The highest BCUT2D eigenvalue weighted by Crippen LogP contribution is 2.19. The molecule has 0 atom stereocenters. The second-order valence-corrected chi connectivity index (χ2v) is 4.92. The van der Waals surface area contributed by atoms with Gasteiger partial charge in [-0.2, -0.15) is 0 Å². The number of hydrogen-bond acceptors (Lipinski definition) is 3. The lowest BCUT2D eigenvalue weighted by Gasteiger charge is -2.10. The molecule has 3 nitrogen and oxygen atoms in total. The highest BCUT2D eigenvalue weighted by molar-refractivity contribution is 5.69. The number of phenols is 1. The molecule has 0 heterocycles. The van der Waals surface area contributed by atoms with Gasteiger partial charge in [-0.1, -0.05) is 36.4 Å². The maximum Gasteiger partial charge on any atom is 0.306 e. The van der Waals surface area contributed by atoms with Crippen molar-refractivity contribution in [1.82, 2.24) is 0 Å². The van der Waals surface area contributed by atoms with Crippen LogP contribution in [0, 0.1) is 0 Å². The Balaban J connectivity index is 2.08. The van der Waals surface area contributed by atoms with Crippen LogP contribution >= 0.6 is 0 Å². The van der Waals surface area contributed by atoms with Crippen LogP contribution in [0.15, 0.2) is 48.5 Å². The molecule has 2 aromatic carbocycles. The van der Waals surface area contributed by atoms with Gasteiger partial charge in [-0.15, -0.1) is 0 Å². The van der Waals surface area contributed by atoms with Crippen LogP contribution < -0.4 is 0 Å². The van der Waals surface area contributed by atoms with Gasteiger partial charge in [0.05, 0.1) is 6.61 Å². The molecule has 1 N–H and O–H groups in total. The number of esters is 1. The minimum absolute atomic E-state index is 0.162. The van der Waals surface area contributed by atoms with Crippen molar-refractivity contribution >= 4 is 5.97 Å². The standard InChI is InChI=1S/C18H20O3/c1-2-21-18(20)11-10-15-7-3-4-8-16(15)12-14-6-5-9-17(19)13-14/h3-9,13,19H,2,10-12H2,1H3. The van der Waals surface area contributed by atoms with Gasteiger partial charge in [0.15, 0.2) is 0 Å². The average Bonchev–Trinajstić information content (AvgIpc) is 2.47. The Labute approximate surface area is 125 Å². The second-order valence-electron chi connectivity index (χ2n) is 4.92. The first kappa shape index (κ1) is 15.1. The molecule has 0 bridgehead atoms. The minimum atomic E-state index is -0.162. The molecule has 0 saturated heterocycles. The van der Waals surface area contributed by atoms with Gasteiger partial charge < -0.3 is 9.84 Å². The first-order chi connectivity index (χ1) is 10.2. The highest BCUT2D eigenvalue weighted by atomic mass is 16.5. The minimum Gasteiger partial charge on any atom is -0.508 e. The van der Waals surface area contributed by atoms with Crippen LogP contribution in [0.25, 0.3) is 0 Å². The molecule has 110 valence electrons. The third kappa shape index (κ3) is 4.63. The molecule has 2 rings (SSSR count). The Bertz CT molecular complexity index is 605. The maximum absolute atomic E-state index is 11.5. The highest BCUT2D eigenvalue weighted by Gasteiger charge is 2.07. The Hall–Kier alpha value is -2.29. The van der Waals surface area contributed by atoms with Crippen molar-refractivity contribution in [1.29, 1.82) is 0 Å². The topological polar surface area (TPSA) is 46.5 Å². The molecule has 0 aliphatic rings. The number of benzene rings is 2. The van der Waals surface area contributed by atoms with E-state index in [1.807, 2.05) is 37.3 Å². The van der Waals surface area contributed by atoms with E-state index in [0.29, 0.717) is 19.4 Å². The SMILES string of the molecule is CCOC(=O)CCc1ccccc1Cc1cccc(O)c1. The first-order valence-electron chi connectivity index (χ1n) is 7.19. The lowest BCUT2D eigenvalue weighted by molar-refractivity contribution is -0.143. The number of ether oxygens (including phenoxy) is 1. The maximum atomic E-state index is 11.5. The van der Waals surface area contributed by atoms with Gasteiger partial charge in [0.25, 0.3) is 0 Å². The molecule has 0 spiro atoms. The summed E-state index contributed by atoms with van der Waals surface area (Å²) in [7, 11) is 0. The smallest absolute Gasteiger partial charge is 0.306 e. The Morgan fingerprint density at radius 3 is 2.57 bits per heavy atom. The molecular formula is C18H20O3. The van der Waals surface area contributed by atoms with E-state index in [1.54, 1.807) is 12.1 Å². The van der Waals surface area contributed by atoms with Gasteiger partial charge in [0.1, 0.15) is 5.75 Å². The number of aryl methyl sites for hydroxylation is 1. The summed E-state index contributed by atoms with van der Waals surface area (Å²) in [4.78, 5) is 11.5. The van der Waals surface area contributed by atoms with E-state index in [-0.39, 0.29) is 11.7 Å². The summed E-state index contributed by atoms with van der Waals surface area (Å²) >= 11 is 0. The predicted molar refractivity (Wildman–Crippen MR) is 82.3 cm³/mol. The molecule has 0 aliphatic carbocycles. The summed E-state index contributed by atoms with van der Waals surface area (Å²) in [5.74, 6) is 0.112. The van der Waals surface area contributed by atoms with E-state index in [2.05, 4.69) is 6.07 Å². The number of rotatable bonds is 6. The van der Waals surface area contributed by atoms with E-state index >= 15 is 0 Å². The van der Waals surface area contributed by atoms with Gasteiger partial charge in [-0.05, 0) is 48.6 Å². The summed E-state index contributed by atoms with van der Waals surface area (Å²) in [6, 6.07) is 15.3. The molecule has 21 heavy (non-hydrogen) atoms. The Morgan fingerprint density at radius 2 is 1.86 bits per heavy atom. The summed E-state index contributed by atoms with van der Waals surface area (Å²) in [5.41, 5.74) is 3.37. The van der Waals surface area contributed by atoms with Crippen molar-refractivity contribution in [2.75, 3.05) is 6.61 Å². The zero-order valence-electron chi connectivity index (χ0n) is 12.2. The average molecular weight is 284 g/mol. The fourth-order valence-electron chi connectivity index (χ4n) is 2.33. The summed E-state index contributed by atoms with van der Waals surface area (Å²) in [6.45, 7) is 2.23. The second kappa shape index (κ2) is 7.48. The van der Waals surface area contributed by atoms with Crippen LogP contribution in [-0.2, 0) is 22.4 Å². The van der Waals surface area contributed by atoms with Crippen LogP contribution in [0.3, 0.4) is 0 Å². The quantitative estimate of drug-likeness (QED) is 0.826. The number of carbonyl (C=O) groups excluding carboxylic acids is 1. The number of phenolic OH excluding ortho intramolecular Hbond substituents is 1. The summed E-state index contributed by atoms with van der Waals surface area (Å²) < 4.78 is 4.97. The molecule has 0 amide bonds. The summed E-state index contributed by atoms with van der Waals surface area (Å²) in [5, 5.41) is 9.53. The molecule has 0 aromatic heterocycles. The van der Waals surface area contributed by atoms with Crippen LogP contribution in [0.1, 0.15) is 30.0 Å². The molecule has 0 fully saturated rings. The van der Waals surface area contributed by atoms with Crippen molar-refractivity contribution in [3.05, 3.63) is 65.2 Å². The van der Waals surface area contributed by atoms with Gasteiger partial charge in [-0.25, -0.2) is 0 Å². The number of hydrogen-bond donors (Lipinski definition) is 1. The Morgan fingerprint density at radius 1 is 1.10 bits per heavy atom. The molecular weight excluding hydrogens is 264 g/mol. The molecule has 0 radical (unpaired) electrons. The van der Waals surface area contributed by atoms with Gasteiger partial charge >= 0.3 is 5.97 Å². The van der Waals surface area contributed by atoms with Crippen LogP contribution in [0.4, 0.5) is 0 Å². The van der Waals surface area contributed by atoms with Crippen molar-refractivity contribution in [3.8, 4) is 5.75 Å². The third-order valence-corrected chi connectivity index (χ3v) is 3.33. The Kier molecular flexibility index (Phi) is 5.38. The van der Waals surface area contributed by atoms with E-state index in [9.17, 15) is 9.90 Å². The van der Waals surface area contributed by atoms with Crippen molar-refractivity contribution in [3.63, 3.8) is 0 Å². The van der Waals surface area contributed by atoms with Gasteiger partial charge in [0.2, 0.25) is 0 Å². The van der Waals surface area contributed by atoms with E-state index in [0.717, 1.165) is 17.5 Å². The van der Waals surface area contributed by atoms with Gasteiger partial charge in [0, 0.05) is 6.42 Å². The van der Waals surface area contributed by atoms with Crippen molar-refractivity contribution in [2.24, 2.45) is 0 Å². The van der Waals surface area contributed by atoms with E-state index in [1.165, 1.54) is 5.56 Å². The van der Waals surface area contributed by atoms with Crippen LogP contribution in [-0.4, -0.2) is 17.7 Å². The molecule has 0 aliphatic heterocycles. The molecule has 0 unspecified atom stereocenters. The normalized spacial score (nSPS) is 10.3. The van der Waals surface area contributed by atoms with E-state index in [4.69, 9.17) is 4.74 Å². The van der Waals surface area contributed by atoms with Crippen LogP contribution in [0.5, 0.6) is 5.75 Å². The number of carbonyl (C=O) groups is 1. The molecule has 3 heteroatoms. The largest absolute Gasteiger partial charge is 0.508 e. The number of aromatic hydroxyl groups is 1. The third-order valence-electron chi connectivity index (χ3n) is 3.33. The van der Waals surface area contributed by atoms with Gasteiger partial charge in [-0.3, -0.25) is 4.79 Å². The van der Waals surface area contributed by atoms with E-state index < -0.39 is 0 Å². The fourth-order valence-corrected chi connectivity index (χ4v) is 2.33. The molecule has 0 saturated carbocycles.